The van der Waals surface area contributed by atoms with Gasteiger partial charge >= 0.3 is 0 Å². The van der Waals surface area contributed by atoms with E-state index in [4.69, 9.17) is 20.9 Å². The van der Waals surface area contributed by atoms with Crippen LogP contribution in [-0.4, -0.2) is 16.2 Å². The third-order valence-electron chi connectivity index (χ3n) is 2.69. The Labute approximate surface area is 123 Å². The Balaban J connectivity index is 2.08. The second-order valence-corrected chi connectivity index (χ2v) is 5.18. The molecule has 108 valence electrons. The van der Waals surface area contributed by atoms with Gasteiger partial charge in [0, 0.05) is 30.1 Å². The van der Waals surface area contributed by atoms with E-state index in [0.29, 0.717) is 29.3 Å². The molecule has 0 unspecified atom stereocenters. The van der Waals surface area contributed by atoms with Crippen molar-refractivity contribution in [2.45, 2.75) is 40.0 Å². The van der Waals surface area contributed by atoms with Crippen LogP contribution in [0.15, 0.2) is 22.7 Å². The van der Waals surface area contributed by atoms with Gasteiger partial charge in [0.1, 0.15) is 5.75 Å². The highest BCUT2D eigenvalue weighted by Gasteiger charge is 2.10. The highest BCUT2D eigenvalue weighted by atomic mass is 35.5. The number of aromatic nitrogens is 2. The Morgan fingerprint density at radius 1 is 1.40 bits per heavy atom. The number of hydrogen-bond donors (Lipinski definition) is 1. The van der Waals surface area contributed by atoms with Crippen LogP contribution in [0.25, 0.3) is 0 Å². The summed E-state index contributed by atoms with van der Waals surface area (Å²) in [5, 5.41) is 7.81. The van der Waals surface area contributed by atoms with Gasteiger partial charge < -0.3 is 14.6 Å². The molecule has 0 aliphatic heterocycles. The highest BCUT2D eigenvalue weighted by molar-refractivity contribution is 6.31. The minimum atomic E-state index is 0.256. The molecule has 1 aromatic heterocycles. The molecule has 0 amide bonds. The average molecular weight is 296 g/mol. The Morgan fingerprint density at radius 3 is 2.85 bits per heavy atom. The van der Waals surface area contributed by atoms with Crippen LogP contribution in [0, 0.1) is 6.92 Å². The SMILES string of the molecule is Cc1nc(COc2cccc(Cl)c2CNC(C)C)no1. The molecule has 1 N–H and O–H groups in total. The third kappa shape index (κ3) is 3.95. The van der Waals surface area contributed by atoms with E-state index in [1.165, 1.54) is 0 Å². The van der Waals surface area contributed by atoms with Crippen LogP contribution >= 0.6 is 11.6 Å². The number of benzene rings is 1. The summed E-state index contributed by atoms with van der Waals surface area (Å²) in [6, 6.07) is 5.97. The van der Waals surface area contributed by atoms with Gasteiger partial charge in [-0.05, 0) is 12.1 Å². The maximum Gasteiger partial charge on any atom is 0.223 e. The minimum absolute atomic E-state index is 0.256. The van der Waals surface area contributed by atoms with E-state index in [1.54, 1.807) is 6.92 Å². The van der Waals surface area contributed by atoms with Crippen LogP contribution in [0.5, 0.6) is 5.75 Å². The molecule has 0 saturated heterocycles. The van der Waals surface area contributed by atoms with E-state index in [9.17, 15) is 0 Å². The molecule has 6 heteroatoms. The van der Waals surface area contributed by atoms with Gasteiger partial charge in [-0.15, -0.1) is 0 Å². The van der Waals surface area contributed by atoms with E-state index in [-0.39, 0.29) is 6.61 Å². The van der Waals surface area contributed by atoms with Gasteiger partial charge in [-0.1, -0.05) is 36.7 Å². The molecule has 0 spiro atoms. The molecule has 1 aromatic carbocycles. The summed E-state index contributed by atoms with van der Waals surface area (Å²) in [6.07, 6.45) is 0. The molecule has 0 fully saturated rings. The highest BCUT2D eigenvalue weighted by Crippen LogP contribution is 2.27. The number of rotatable bonds is 6. The second kappa shape index (κ2) is 6.72. The van der Waals surface area contributed by atoms with Gasteiger partial charge in [-0.25, -0.2) is 0 Å². The van der Waals surface area contributed by atoms with Crippen molar-refractivity contribution in [3.05, 3.63) is 40.5 Å². The first-order valence-electron chi connectivity index (χ1n) is 6.49. The Bertz CT molecular complexity index is 569. The van der Waals surface area contributed by atoms with Gasteiger partial charge in [0.2, 0.25) is 11.7 Å². The fraction of sp³-hybridized carbons (Fsp3) is 0.429. The topological polar surface area (TPSA) is 60.2 Å². The van der Waals surface area contributed by atoms with Crippen molar-refractivity contribution in [1.29, 1.82) is 0 Å². The van der Waals surface area contributed by atoms with Crippen molar-refractivity contribution in [1.82, 2.24) is 15.5 Å². The quantitative estimate of drug-likeness (QED) is 0.887. The average Bonchev–Trinajstić information content (AvgIpc) is 2.81. The lowest BCUT2D eigenvalue weighted by Crippen LogP contribution is -2.22. The van der Waals surface area contributed by atoms with Crippen LogP contribution in [0.3, 0.4) is 0 Å². The van der Waals surface area contributed by atoms with Gasteiger partial charge in [-0.2, -0.15) is 4.98 Å². The Kier molecular flexibility index (Phi) is 4.98. The van der Waals surface area contributed by atoms with Crippen molar-refractivity contribution in [3.8, 4) is 5.75 Å². The van der Waals surface area contributed by atoms with Crippen LogP contribution in [0.1, 0.15) is 31.1 Å². The predicted octanol–water partition coefficient (Wildman–Crippen LogP) is 3.11. The number of ether oxygens (including phenoxy) is 1. The molecular formula is C14H18ClN3O2. The normalized spacial score (nSPS) is 11.1. The van der Waals surface area contributed by atoms with Crippen LogP contribution in [0.2, 0.25) is 5.02 Å². The monoisotopic (exact) mass is 295 g/mol. The first kappa shape index (κ1) is 14.8. The van der Waals surface area contributed by atoms with Crippen molar-refractivity contribution in [3.63, 3.8) is 0 Å². The van der Waals surface area contributed by atoms with Crippen LogP contribution in [-0.2, 0) is 13.2 Å². The predicted molar refractivity (Wildman–Crippen MR) is 76.8 cm³/mol. The number of aryl methyl sites for hydroxylation is 1. The molecule has 2 aromatic rings. The minimum Gasteiger partial charge on any atom is -0.485 e. The molecule has 2 rings (SSSR count). The standard InChI is InChI=1S/C14H18ClN3O2/c1-9(2)16-7-11-12(15)5-4-6-13(11)19-8-14-17-10(3)20-18-14/h4-6,9,16H,7-8H2,1-3H3. The van der Waals surface area contributed by atoms with Crippen LogP contribution in [0.4, 0.5) is 0 Å². The summed E-state index contributed by atoms with van der Waals surface area (Å²) >= 11 is 6.23. The molecule has 0 aliphatic carbocycles. The zero-order valence-electron chi connectivity index (χ0n) is 11.8. The molecule has 0 bridgehead atoms. The summed E-state index contributed by atoms with van der Waals surface area (Å²) in [4.78, 5) is 4.10. The fourth-order valence-corrected chi connectivity index (χ4v) is 1.93. The molecule has 20 heavy (non-hydrogen) atoms. The molecule has 0 saturated carbocycles. The third-order valence-corrected chi connectivity index (χ3v) is 3.04. The molecule has 0 radical (unpaired) electrons. The fourth-order valence-electron chi connectivity index (χ4n) is 1.69. The lowest BCUT2D eigenvalue weighted by molar-refractivity contribution is 0.282. The molecule has 0 atom stereocenters. The summed E-state index contributed by atoms with van der Waals surface area (Å²) in [5.41, 5.74) is 0.933. The Morgan fingerprint density at radius 2 is 2.20 bits per heavy atom. The summed E-state index contributed by atoms with van der Waals surface area (Å²) < 4.78 is 10.6. The van der Waals surface area contributed by atoms with Gasteiger partial charge in [0.15, 0.2) is 6.61 Å². The van der Waals surface area contributed by atoms with Gasteiger partial charge in [0.25, 0.3) is 0 Å². The van der Waals surface area contributed by atoms with Crippen LogP contribution < -0.4 is 10.1 Å². The maximum absolute atomic E-state index is 6.23. The zero-order valence-corrected chi connectivity index (χ0v) is 12.6. The lowest BCUT2D eigenvalue weighted by Gasteiger charge is -2.14. The van der Waals surface area contributed by atoms with Crippen molar-refractivity contribution in [2.24, 2.45) is 0 Å². The second-order valence-electron chi connectivity index (χ2n) is 4.77. The number of nitrogens with zero attached hydrogens (tertiary/aromatic N) is 2. The summed E-state index contributed by atoms with van der Waals surface area (Å²) in [6.45, 7) is 6.82. The van der Waals surface area contributed by atoms with Gasteiger partial charge in [0.05, 0.1) is 0 Å². The Hall–Kier alpha value is -1.59. The van der Waals surface area contributed by atoms with E-state index < -0.39 is 0 Å². The van der Waals surface area contributed by atoms with E-state index in [1.807, 2.05) is 18.2 Å². The van der Waals surface area contributed by atoms with Crippen molar-refractivity contribution < 1.29 is 9.26 Å². The summed E-state index contributed by atoms with van der Waals surface area (Å²) in [5.74, 6) is 1.77. The molecule has 1 heterocycles. The van der Waals surface area contributed by atoms with Crippen molar-refractivity contribution in [2.75, 3.05) is 0 Å². The maximum atomic E-state index is 6.23. The van der Waals surface area contributed by atoms with E-state index >= 15 is 0 Å². The van der Waals surface area contributed by atoms with Crippen molar-refractivity contribution >= 4 is 11.6 Å². The number of nitrogens with one attached hydrogen (secondary N) is 1. The smallest absolute Gasteiger partial charge is 0.223 e. The van der Waals surface area contributed by atoms with E-state index in [2.05, 4.69) is 29.3 Å². The van der Waals surface area contributed by atoms with E-state index in [0.717, 1.165) is 11.3 Å². The lowest BCUT2D eigenvalue weighted by atomic mass is 10.2. The molecule has 5 nitrogen and oxygen atoms in total. The largest absolute Gasteiger partial charge is 0.485 e. The number of halogens is 1. The number of hydrogen-bond acceptors (Lipinski definition) is 5. The first-order chi connectivity index (χ1) is 9.56. The van der Waals surface area contributed by atoms with Gasteiger partial charge in [-0.3, -0.25) is 0 Å². The zero-order chi connectivity index (χ0) is 14.5. The molecular weight excluding hydrogens is 278 g/mol. The first-order valence-corrected chi connectivity index (χ1v) is 6.87. The summed E-state index contributed by atoms with van der Waals surface area (Å²) in [7, 11) is 0. The molecule has 0 aliphatic rings.